The van der Waals surface area contributed by atoms with E-state index in [9.17, 15) is 0 Å². The van der Waals surface area contributed by atoms with E-state index in [0.29, 0.717) is 5.56 Å². The van der Waals surface area contributed by atoms with Gasteiger partial charge in [-0.1, -0.05) is 13.8 Å². The molecular weight excluding hydrogens is 138 g/mol. The summed E-state index contributed by atoms with van der Waals surface area (Å²) in [4.78, 5) is 3.79. The van der Waals surface area contributed by atoms with E-state index in [1.54, 1.807) is 24.5 Å². The van der Waals surface area contributed by atoms with Crippen LogP contribution in [0.5, 0.6) is 0 Å². The van der Waals surface area contributed by atoms with Crippen molar-refractivity contribution in [1.29, 1.82) is 5.41 Å². The monoisotopic (exact) mass is 151 g/mol. The van der Waals surface area contributed by atoms with Gasteiger partial charge in [-0.25, -0.2) is 0 Å². The number of nitrogens with zero attached hydrogens (tertiary/aromatic N) is 1. The molecule has 1 aromatic rings. The van der Waals surface area contributed by atoms with Gasteiger partial charge in [-0.15, -0.1) is 0 Å². The SMILES string of the molecule is CC.N=C(N)c1cccnc1. The molecule has 11 heavy (non-hydrogen) atoms. The van der Waals surface area contributed by atoms with Gasteiger partial charge in [0.1, 0.15) is 5.84 Å². The van der Waals surface area contributed by atoms with E-state index in [0.717, 1.165) is 0 Å². The van der Waals surface area contributed by atoms with Gasteiger partial charge < -0.3 is 5.73 Å². The van der Waals surface area contributed by atoms with Gasteiger partial charge >= 0.3 is 0 Å². The summed E-state index contributed by atoms with van der Waals surface area (Å²) in [7, 11) is 0. The number of nitrogens with two attached hydrogens (primary N) is 1. The van der Waals surface area contributed by atoms with Crippen LogP contribution in [-0.2, 0) is 0 Å². The van der Waals surface area contributed by atoms with Crippen LogP contribution in [0.4, 0.5) is 0 Å². The molecule has 0 aliphatic carbocycles. The number of nitrogen functional groups attached to an aromatic ring is 1. The highest BCUT2D eigenvalue weighted by Gasteiger charge is 1.90. The Balaban J connectivity index is 0.000000461. The molecule has 1 aromatic heterocycles. The molecule has 0 spiro atoms. The summed E-state index contributed by atoms with van der Waals surface area (Å²) >= 11 is 0. The van der Waals surface area contributed by atoms with Crippen LogP contribution in [0.3, 0.4) is 0 Å². The van der Waals surface area contributed by atoms with Gasteiger partial charge in [0.15, 0.2) is 0 Å². The Morgan fingerprint density at radius 2 is 2.18 bits per heavy atom. The first-order valence-corrected chi connectivity index (χ1v) is 3.55. The van der Waals surface area contributed by atoms with E-state index >= 15 is 0 Å². The predicted molar refractivity (Wildman–Crippen MR) is 46.6 cm³/mol. The third-order valence-corrected chi connectivity index (χ3v) is 0.973. The molecule has 60 valence electrons. The summed E-state index contributed by atoms with van der Waals surface area (Å²) in [6.07, 6.45) is 3.20. The second-order valence-corrected chi connectivity index (χ2v) is 1.66. The van der Waals surface area contributed by atoms with E-state index in [2.05, 4.69) is 4.98 Å². The highest BCUT2D eigenvalue weighted by atomic mass is 14.7. The molecule has 1 heterocycles. The highest BCUT2D eigenvalue weighted by Crippen LogP contribution is 1.91. The van der Waals surface area contributed by atoms with Crippen LogP contribution >= 0.6 is 0 Å². The van der Waals surface area contributed by atoms with Crippen molar-refractivity contribution < 1.29 is 0 Å². The Morgan fingerprint density at radius 3 is 2.45 bits per heavy atom. The minimum absolute atomic E-state index is 0.0584. The lowest BCUT2D eigenvalue weighted by atomic mass is 10.3. The van der Waals surface area contributed by atoms with E-state index < -0.39 is 0 Å². The fourth-order valence-corrected chi connectivity index (χ4v) is 0.522. The largest absolute Gasteiger partial charge is 0.384 e. The van der Waals surface area contributed by atoms with Gasteiger partial charge in [0.05, 0.1) is 0 Å². The van der Waals surface area contributed by atoms with Crippen molar-refractivity contribution in [3.8, 4) is 0 Å². The van der Waals surface area contributed by atoms with Gasteiger partial charge in [-0.05, 0) is 12.1 Å². The van der Waals surface area contributed by atoms with Gasteiger partial charge in [0.2, 0.25) is 0 Å². The lowest BCUT2D eigenvalue weighted by molar-refractivity contribution is 1.30. The van der Waals surface area contributed by atoms with Crippen molar-refractivity contribution in [2.75, 3.05) is 0 Å². The van der Waals surface area contributed by atoms with E-state index in [4.69, 9.17) is 11.1 Å². The van der Waals surface area contributed by atoms with Crippen LogP contribution in [-0.4, -0.2) is 10.8 Å². The third kappa shape index (κ3) is 3.35. The minimum atomic E-state index is 0.0584. The van der Waals surface area contributed by atoms with Crippen molar-refractivity contribution in [2.24, 2.45) is 5.73 Å². The van der Waals surface area contributed by atoms with Crippen molar-refractivity contribution in [3.05, 3.63) is 30.1 Å². The van der Waals surface area contributed by atoms with Crippen LogP contribution in [0.2, 0.25) is 0 Å². The first-order valence-electron chi connectivity index (χ1n) is 3.55. The average molecular weight is 151 g/mol. The second-order valence-electron chi connectivity index (χ2n) is 1.66. The Kier molecular flexibility index (Phi) is 4.73. The molecule has 0 bridgehead atoms. The molecule has 0 aromatic carbocycles. The number of rotatable bonds is 1. The fraction of sp³-hybridized carbons (Fsp3) is 0.250. The van der Waals surface area contributed by atoms with Gasteiger partial charge in [0.25, 0.3) is 0 Å². The van der Waals surface area contributed by atoms with Crippen LogP contribution in [0, 0.1) is 5.41 Å². The third-order valence-electron chi connectivity index (χ3n) is 0.973. The Bertz CT molecular complexity index is 206. The summed E-state index contributed by atoms with van der Waals surface area (Å²) < 4.78 is 0. The highest BCUT2D eigenvalue weighted by molar-refractivity contribution is 5.94. The summed E-state index contributed by atoms with van der Waals surface area (Å²) in [5.74, 6) is 0.0584. The smallest absolute Gasteiger partial charge is 0.124 e. The van der Waals surface area contributed by atoms with Gasteiger partial charge in [-0.2, -0.15) is 0 Å². The molecular formula is C8H13N3. The summed E-state index contributed by atoms with van der Waals surface area (Å²) in [6.45, 7) is 4.00. The van der Waals surface area contributed by atoms with E-state index in [-0.39, 0.29) is 5.84 Å². The number of amidine groups is 1. The van der Waals surface area contributed by atoms with Crippen LogP contribution in [0.15, 0.2) is 24.5 Å². The lowest BCUT2D eigenvalue weighted by Crippen LogP contribution is -2.10. The zero-order valence-electron chi connectivity index (χ0n) is 6.83. The fourth-order valence-electron chi connectivity index (χ4n) is 0.522. The van der Waals surface area contributed by atoms with Gasteiger partial charge in [0, 0.05) is 18.0 Å². The molecule has 0 atom stereocenters. The summed E-state index contributed by atoms with van der Waals surface area (Å²) in [6, 6.07) is 3.49. The number of pyridine rings is 1. The van der Waals surface area contributed by atoms with Crippen molar-refractivity contribution >= 4 is 5.84 Å². The molecule has 0 aliphatic rings. The number of nitrogens with one attached hydrogen (secondary N) is 1. The lowest BCUT2D eigenvalue weighted by Gasteiger charge is -1.92. The van der Waals surface area contributed by atoms with Gasteiger partial charge in [-0.3, -0.25) is 10.4 Å². The molecule has 3 nitrogen and oxygen atoms in total. The molecule has 0 saturated heterocycles. The maximum Gasteiger partial charge on any atom is 0.124 e. The number of hydrogen-bond acceptors (Lipinski definition) is 2. The topological polar surface area (TPSA) is 62.8 Å². The molecule has 0 saturated carbocycles. The van der Waals surface area contributed by atoms with Crippen molar-refractivity contribution in [1.82, 2.24) is 4.98 Å². The molecule has 1 rings (SSSR count). The van der Waals surface area contributed by atoms with Crippen molar-refractivity contribution in [3.63, 3.8) is 0 Å². The maximum absolute atomic E-state index is 6.97. The Hall–Kier alpha value is -1.38. The molecule has 0 fully saturated rings. The molecule has 0 unspecified atom stereocenters. The summed E-state index contributed by atoms with van der Waals surface area (Å²) in [5.41, 5.74) is 5.82. The second kappa shape index (κ2) is 5.41. The first kappa shape index (κ1) is 9.62. The number of hydrogen-bond donors (Lipinski definition) is 2. The van der Waals surface area contributed by atoms with E-state index in [1.807, 2.05) is 13.8 Å². The molecule has 0 aliphatic heterocycles. The summed E-state index contributed by atoms with van der Waals surface area (Å²) in [5, 5.41) is 6.97. The van der Waals surface area contributed by atoms with Crippen LogP contribution in [0.1, 0.15) is 19.4 Å². The zero-order chi connectivity index (χ0) is 8.69. The first-order chi connectivity index (χ1) is 5.30. The molecule has 3 N–H and O–H groups in total. The Labute approximate surface area is 66.8 Å². The number of aromatic nitrogens is 1. The van der Waals surface area contributed by atoms with Crippen LogP contribution in [0.25, 0.3) is 0 Å². The zero-order valence-corrected chi connectivity index (χ0v) is 6.83. The molecule has 0 amide bonds. The quantitative estimate of drug-likeness (QED) is 0.470. The molecule has 3 heteroatoms. The van der Waals surface area contributed by atoms with Crippen LogP contribution < -0.4 is 5.73 Å². The Morgan fingerprint density at radius 1 is 1.55 bits per heavy atom. The maximum atomic E-state index is 6.97. The standard InChI is InChI=1S/C6H7N3.C2H6/c7-6(8)5-2-1-3-9-4-5;1-2/h1-4H,(H3,7,8);1-2H3. The van der Waals surface area contributed by atoms with Crippen molar-refractivity contribution in [2.45, 2.75) is 13.8 Å². The molecule has 0 radical (unpaired) electrons. The van der Waals surface area contributed by atoms with E-state index in [1.165, 1.54) is 0 Å². The minimum Gasteiger partial charge on any atom is -0.384 e. The normalized spacial score (nSPS) is 7.82. The average Bonchev–Trinajstić information content (AvgIpc) is 2.10. The predicted octanol–water partition coefficient (Wildman–Crippen LogP) is 1.39.